The van der Waals surface area contributed by atoms with Gasteiger partial charge in [0, 0.05) is 52.4 Å². The van der Waals surface area contributed by atoms with E-state index in [1.807, 2.05) is 23.9 Å². The summed E-state index contributed by atoms with van der Waals surface area (Å²) in [5.41, 5.74) is 2.61. The molecule has 2 atom stereocenters. The Labute approximate surface area is 240 Å². The summed E-state index contributed by atoms with van der Waals surface area (Å²) >= 11 is 0. The molecule has 0 spiro atoms. The van der Waals surface area contributed by atoms with E-state index in [1.54, 1.807) is 0 Å². The number of halogens is 2. The summed E-state index contributed by atoms with van der Waals surface area (Å²) in [6.07, 6.45) is 4.16. The lowest BCUT2D eigenvalue weighted by Gasteiger charge is -2.35. The Morgan fingerprint density at radius 2 is 1.08 bits per heavy atom. The Bertz CT molecular complexity index is 751. The van der Waals surface area contributed by atoms with Crippen LogP contribution in [0.3, 0.4) is 0 Å². The number of likely N-dealkylation sites (tertiary alicyclic amines) is 2. The van der Waals surface area contributed by atoms with Crippen LogP contribution in [-0.2, 0) is 22.7 Å². The molecule has 0 bridgehead atoms. The van der Waals surface area contributed by atoms with Crippen LogP contribution in [0.25, 0.3) is 0 Å². The van der Waals surface area contributed by atoms with Crippen molar-refractivity contribution in [3.8, 4) is 0 Å². The van der Waals surface area contributed by atoms with Gasteiger partial charge in [0.05, 0.1) is 11.8 Å². The van der Waals surface area contributed by atoms with Crippen LogP contribution in [0.2, 0.25) is 0 Å². The van der Waals surface area contributed by atoms with Crippen molar-refractivity contribution in [3.05, 3.63) is 35.4 Å². The molecule has 2 heterocycles. The van der Waals surface area contributed by atoms with Crippen LogP contribution >= 0.6 is 34.0 Å². The third kappa shape index (κ3) is 9.10. The summed E-state index contributed by atoms with van der Waals surface area (Å²) in [4.78, 5) is 34.2. The lowest BCUT2D eigenvalue weighted by atomic mass is 9.95. The fourth-order valence-corrected chi connectivity index (χ4v) is 5.15. The van der Waals surface area contributed by atoms with Crippen molar-refractivity contribution >= 4 is 45.8 Å². The number of hydrogen-bond acceptors (Lipinski definition) is 4. The summed E-state index contributed by atoms with van der Waals surface area (Å²) in [6, 6.07) is 9.44. The van der Waals surface area contributed by atoms with Gasteiger partial charge in [-0.2, -0.15) is 0 Å². The number of rotatable bonds is 8. The molecule has 2 fully saturated rings. The van der Waals surface area contributed by atoms with Crippen LogP contribution in [0.4, 0.5) is 0 Å². The number of benzene rings is 1. The smallest absolute Gasteiger partial charge is 0.226 e. The van der Waals surface area contributed by atoms with Crippen LogP contribution in [-0.4, -0.2) is 83.8 Å². The Kier molecular flexibility index (Phi) is 14.2. The quantitative estimate of drug-likeness (QED) is 0.405. The molecule has 0 aliphatic carbocycles. The predicted molar refractivity (Wildman–Crippen MR) is 159 cm³/mol. The monoisotopic (exact) mass is 630 g/mol. The predicted octanol–water partition coefficient (Wildman–Crippen LogP) is 5.00. The first-order valence-electron chi connectivity index (χ1n) is 13.2. The SMILES string of the molecule is Br.Br.CC(C)N(C)C(=O)C1CCCN(Cc2ccc(CN3CCCC(C(=O)N(C)C(C)C)C3)cc2)C1. The molecule has 2 unspecified atom stereocenters. The van der Waals surface area contributed by atoms with Gasteiger partial charge in [-0.05, 0) is 77.6 Å². The number of carbonyl (C=O) groups excluding carboxylic acids is 2. The molecule has 2 saturated heterocycles. The molecule has 0 N–H and O–H groups in total. The van der Waals surface area contributed by atoms with E-state index in [0.717, 1.165) is 65.0 Å². The fraction of sp³-hybridized carbons (Fsp3) is 0.714. The molecule has 36 heavy (non-hydrogen) atoms. The summed E-state index contributed by atoms with van der Waals surface area (Å²) < 4.78 is 0. The lowest BCUT2D eigenvalue weighted by molar-refractivity contribution is -0.138. The van der Waals surface area contributed by atoms with Gasteiger partial charge >= 0.3 is 0 Å². The standard InChI is InChI=1S/C28H46N4O2.2BrH/c1-21(2)29(5)27(33)25-9-7-15-31(19-25)17-23-11-13-24(14-12-23)18-32-16-8-10-26(20-32)28(34)30(6)22(3)4;;/h11-14,21-22,25-26H,7-10,15-20H2,1-6H3;2*1H. The zero-order valence-electron chi connectivity index (χ0n) is 23.1. The van der Waals surface area contributed by atoms with Crippen LogP contribution < -0.4 is 0 Å². The first kappa shape index (κ1) is 33.1. The molecule has 2 aliphatic rings. The molecule has 2 aliphatic heterocycles. The van der Waals surface area contributed by atoms with Crippen molar-refractivity contribution in [1.29, 1.82) is 0 Å². The van der Waals surface area contributed by atoms with Gasteiger partial charge in [0.2, 0.25) is 11.8 Å². The molecule has 1 aromatic rings. The van der Waals surface area contributed by atoms with E-state index < -0.39 is 0 Å². The normalized spacial score (nSPS) is 21.0. The van der Waals surface area contributed by atoms with Crippen molar-refractivity contribution in [2.24, 2.45) is 11.8 Å². The van der Waals surface area contributed by atoms with E-state index in [-0.39, 0.29) is 69.7 Å². The molecule has 0 saturated carbocycles. The number of nitrogens with zero attached hydrogens (tertiary/aromatic N) is 4. The second-order valence-corrected chi connectivity index (χ2v) is 11.1. The molecular weight excluding hydrogens is 584 g/mol. The maximum atomic E-state index is 12.8. The average molecular weight is 633 g/mol. The second kappa shape index (κ2) is 15.5. The Morgan fingerprint density at radius 3 is 1.39 bits per heavy atom. The minimum atomic E-state index is 0. The van der Waals surface area contributed by atoms with Gasteiger partial charge < -0.3 is 9.80 Å². The molecule has 1 aromatic carbocycles. The fourth-order valence-electron chi connectivity index (χ4n) is 5.15. The van der Waals surface area contributed by atoms with Crippen molar-refractivity contribution in [3.63, 3.8) is 0 Å². The van der Waals surface area contributed by atoms with Gasteiger partial charge in [0.25, 0.3) is 0 Å². The highest BCUT2D eigenvalue weighted by Gasteiger charge is 2.30. The van der Waals surface area contributed by atoms with E-state index in [4.69, 9.17) is 0 Å². The molecule has 6 nitrogen and oxygen atoms in total. The first-order chi connectivity index (χ1) is 16.2. The zero-order valence-corrected chi connectivity index (χ0v) is 26.5. The average Bonchev–Trinajstić information content (AvgIpc) is 2.83. The van der Waals surface area contributed by atoms with E-state index in [2.05, 4.69) is 61.8 Å². The summed E-state index contributed by atoms with van der Waals surface area (Å²) in [6.45, 7) is 13.9. The van der Waals surface area contributed by atoms with Gasteiger partial charge in [-0.1, -0.05) is 24.3 Å². The van der Waals surface area contributed by atoms with Crippen molar-refractivity contribution < 1.29 is 9.59 Å². The van der Waals surface area contributed by atoms with Gasteiger partial charge in [-0.3, -0.25) is 19.4 Å². The van der Waals surface area contributed by atoms with Gasteiger partial charge in [0.15, 0.2) is 0 Å². The molecule has 2 amide bonds. The van der Waals surface area contributed by atoms with E-state index in [0.29, 0.717) is 0 Å². The highest BCUT2D eigenvalue weighted by molar-refractivity contribution is 8.93. The second-order valence-electron chi connectivity index (χ2n) is 11.1. The Hall–Kier alpha value is -0.960. The summed E-state index contributed by atoms with van der Waals surface area (Å²) in [5.74, 6) is 0.802. The number of carbonyl (C=O) groups is 2. The summed E-state index contributed by atoms with van der Waals surface area (Å²) in [7, 11) is 3.85. The van der Waals surface area contributed by atoms with Crippen LogP contribution in [0, 0.1) is 11.8 Å². The first-order valence-corrected chi connectivity index (χ1v) is 13.2. The molecule has 3 rings (SSSR count). The Balaban J connectivity index is 0.00000324. The summed E-state index contributed by atoms with van der Waals surface area (Å²) in [5, 5.41) is 0. The van der Waals surface area contributed by atoms with E-state index in [9.17, 15) is 9.59 Å². The van der Waals surface area contributed by atoms with Gasteiger partial charge in [0.1, 0.15) is 0 Å². The van der Waals surface area contributed by atoms with Gasteiger partial charge in [-0.15, -0.1) is 34.0 Å². The van der Waals surface area contributed by atoms with E-state index in [1.165, 1.54) is 11.1 Å². The number of hydrogen-bond donors (Lipinski definition) is 0. The molecule has 8 heteroatoms. The van der Waals surface area contributed by atoms with Crippen molar-refractivity contribution in [2.75, 3.05) is 40.3 Å². The van der Waals surface area contributed by atoms with Gasteiger partial charge in [-0.25, -0.2) is 0 Å². The van der Waals surface area contributed by atoms with Crippen molar-refractivity contribution in [1.82, 2.24) is 19.6 Å². The van der Waals surface area contributed by atoms with Crippen LogP contribution in [0.5, 0.6) is 0 Å². The maximum Gasteiger partial charge on any atom is 0.226 e. The van der Waals surface area contributed by atoms with E-state index >= 15 is 0 Å². The Morgan fingerprint density at radius 1 is 0.750 bits per heavy atom. The highest BCUT2D eigenvalue weighted by atomic mass is 79.9. The molecular formula is C28H48Br2N4O2. The zero-order chi connectivity index (χ0) is 24.8. The minimum absolute atomic E-state index is 0. The lowest BCUT2D eigenvalue weighted by Crippen LogP contribution is -2.45. The minimum Gasteiger partial charge on any atom is -0.343 e. The topological polar surface area (TPSA) is 47.1 Å². The molecule has 0 aromatic heterocycles. The third-order valence-corrected chi connectivity index (χ3v) is 7.79. The largest absolute Gasteiger partial charge is 0.343 e. The van der Waals surface area contributed by atoms with Crippen LogP contribution in [0.15, 0.2) is 24.3 Å². The number of amides is 2. The molecule has 206 valence electrons. The molecule has 0 radical (unpaired) electrons. The number of piperidine rings is 2. The van der Waals surface area contributed by atoms with Crippen LogP contribution in [0.1, 0.15) is 64.5 Å². The third-order valence-electron chi connectivity index (χ3n) is 7.79. The highest BCUT2D eigenvalue weighted by Crippen LogP contribution is 2.23. The maximum absolute atomic E-state index is 12.8. The van der Waals surface area contributed by atoms with Crippen molar-refractivity contribution in [2.45, 2.75) is 78.6 Å².